The SMILES string of the molecule is C[C@H]1CCN1c1nc2c(c(-c3ccc4c(c3)[C@]3(C[C@H]3C(=O)O)C(=O)N4)n1)CCC2. The quantitative estimate of drug-likeness (QED) is 0.836. The number of aromatic nitrogens is 2. The average molecular weight is 390 g/mol. The zero-order valence-corrected chi connectivity index (χ0v) is 16.2. The number of nitrogens with one attached hydrogen (secondary N) is 1. The lowest BCUT2D eigenvalue weighted by molar-refractivity contribution is -0.140. The van der Waals surface area contributed by atoms with E-state index in [4.69, 9.17) is 9.97 Å². The Morgan fingerprint density at radius 1 is 1.31 bits per heavy atom. The van der Waals surface area contributed by atoms with Gasteiger partial charge in [0.2, 0.25) is 11.9 Å². The molecule has 0 radical (unpaired) electrons. The maximum Gasteiger partial charge on any atom is 0.307 e. The molecule has 2 aromatic rings. The normalized spacial score (nSPS) is 28.7. The van der Waals surface area contributed by atoms with Gasteiger partial charge in [-0.2, -0.15) is 0 Å². The maximum atomic E-state index is 12.6. The molecule has 3 atom stereocenters. The third-order valence-electron chi connectivity index (χ3n) is 7.18. The third-order valence-corrected chi connectivity index (χ3v) is 7.18. The molecule has 0 unspecified atom stereocenters. The fraction of sp³-hybridized carbons (Fsp3) is 0.455. The van der Waals surface area contributed by atoms with E-state index in [1.807, 2.05) is 18.2 Å². The van der Waals surface area contributed by atoms with Crippen LogP contribution < -0.4 is 10.2 Å². The topological polar surface area (TPSA) is 95.4 Å². The lowest BCUT2D eigenvalue weighted by Crippen LogP contribution is -2.46. The molecule has 2 N–H and O–H groups in total. The molecule has 148 valence electrons. The first kappa shape index (κ1) is 16.9. The fourth-order valence-electron chi connectivity index (χ4n) is 5.24. The van der Waals surface area contributed by atoms with Crippen molar-refractivity contribution in [3.05, 3.63) is 35.0 Å². The van der Waals surface area contributed by atoms with E-state index in [1.54, 1.807) is 0 Å². The Labute approximate surface area is 168 Å². The molecule has 0 bridgehead atoms. The number of anilines is 2. The van der Waals surface area contributed by atoms with Crippen molar-refractivity contribution in [2.75, 3.05) is 16.8 Å². The number of benzene rings is 1. The van der Waals surface area contributed by atoms with E-state index >= 15 is 0 Å². The Hall–Kier alpha value is -2.96. The second-order valence-electron chi connectivity index (χ2n) is 8.76. The Morgan fingerprint density at radius 2 is 2.17 bits per heavy atom. The van der Waals surface area contributed by atoms with E-state index in [0.29, 0.717) is 12.5 Å². The minimum absolute atomic E-state index is 0.194. The van der Waals surface area contributed by atoms with Crippen LogP contribution in [0.4, 0.5) is 11.6 Å². The van der Waals surface area contributed by atoms with Gasteiger partial charge in [0.15, 0.2) is 0 Å². The molecule has 1 aromatic carbocycles. The van der Waals surface area contributed by atoms with Crippen molar-refractivity contribution in [3.63, 3.8) is 0 Å². The van der Waals surface area contributed by atoms with Crippen LogP contribution in [0.2, 0.25) is 0 Å². The molecule has 1 aromatic heterocycles. The van der Waals surface area contributed by atoms with Crippen LogP contribution in [0.5, 0.6) is 0 Å². The molecule has 2 aliphatic heterocycles. The van der Waals surface area contributed by atoms with Crippen molar-refractivity contribution in [2.45, 2.75) is 50.5 Å². The van der Waals surface area contributed by atoms with Crippen LogP contribution in [-0.4, -0.2) is 39.5 Å². The summed E-state index contributed by atoms with van der Waals surface area (Å²) in [6.45, 7) is 3.17. The third kappa shape index (κ3) is 2.18. The van der Waals surface area contributed by atoms with Crippen LogP contribution in [0.15, 0.2) is 18.2 Å². The number of nitrogens with zero attached hydrogens (tertiary/aromatic N) is 3. The monoisotopic (exact) mass is 390 g/mol. The summed E-state index contributed by atoms with van der Waals surface area (Å²) in [5.41, 5.74) is 4.82. The number of carbonyl (C=O) groups is 2. The van der Waals surface area contributed by atoms with Crippen LogP contribution >= 0.6 is 0 Å². The van der Waals surface area contributed by atoms with Crippen LogP contribution in [0, 0.1) is 5.92 Å². The van der Waals surface area contributed by atoms with Gasteiger partial charge in [0, 0.05) is 35.1 Å². The summed E-state index contributed by atoms with van der Waals surface area (Å²) in [6.07, 6.45) is 4.52. The molecule has 1 spiro atoms. The molecule has 7 heteroatoms. The van der Waals surface area contributed by atoms with Gasteiger partial charge in [-0.25, -0.2) is 9.97 Å². The fourth-order valence-corrected chi connectivity index (χ4v) is 5.24. The molecule has 4 aliphatic rings. The minimum Gasteiger partial charge on any atom is -0.481 e. The molecular weight excluding hydrogens is 368 g/mol. The van der Waals surface area contributed by atoms with E-state index in [2.05, 4.69) is 17.1 Å². The molecule has 2 aliphatic carbocycles. The summed E-state index contributed by atoms with van der Waals surface area (Å²) in [6, 6.07) is 6.32. The maximum absolute atomic E-state index is 12.6. The number of hydrogen-bond donors (Lipinski definition) is 2. The lowest BCUT2D eigenvalue weighted by atomic mass is 9.92. The molecule has 29 heavy (non-hydrogen) atoms. The van der Waals surface area contributed by atoms with E-state index in [9.17, 15) is 14.7 Å². The van der Waals surface area contributed by atoms with Gasteiger partial charge in [-0.15, -0.1) is 0 Å². The standard InChI is InChI=1S/C22H22N4O3/c1-11-7-8-26(11)21-24-16-4-2-3-13(16)18(25-21)12-5-6-17-14(9-12)22(20(29)23-17)10-15(22)19(27)28/h5-6,9,11,15H,2-4,7-8,10H2,1H3,(H,23,29)(H,27,28)/t11-,15-,22-/m0/s1. The summed E-state index contributed by atoms with van der Waals surface area (Å²) < 4.78 is 0. The number of carboxylic acids is 1. The molecule has 2 fully saturated rings. The van der Waals surface area contributed by atoms with E-state index in [-0.39, 0.29) is 5.91 Å². The van der Waals surface area contributed by atoms with Gasteiger partial charge in [0.05, 0.1) is 17.0 Å². The number of fused-ring (bicyclic) bond motifs is 3. The van der Waals surface area contributed by atoms with E-state index in [1.165, 1.54) is 5.56 Å². The van der Waals surface area contributed by atoms with Crippen molar-refractivity contribution in [2.24, 2.45) is 5.92 Å². The van der Waals surface area contributed by atoms with Gasteiger partial charge >= 0.3 is 5.97 Å². The number of carboxylic acid groups (broad SMARTS) is 1. The highest BCUT2D eigenvalue weighted by molar-refractivity contribution is 6.12. The highest BCUT2D eigenvalue weighted by Gasteiger charge is 2.68. The van der Waals surface area contributed by atoms with E-state index in [0.717, 1.165) is 66.4 Å². The molecule has 3 heterocycles. The summed E-state index contributed by atoms with van der Waals surface area (Å²) in [5.74, 6) is -0.957. The molecule has 1 saturated heterocycles. The Bertz CT molecular complexity index is 1100. The first-order valence-electron chi connectivity index (χ1n) is 10.3. The second-order valence-corrected chi connectivity index (χ2v) is 8.76. The number of hydrogen-bond acceptors (Lipinski definition) is 5. The molecule has 1 saturated carbocycles. The zero-order valence-electron chi connectivity index (χ0n) is 16.2. The molecular formula is C22H22N4O3. The number of carbonyl (C=O) groups excluding carboxylic acids is 1. The van der Waals surface area contributed by atoms with Crippen LogP contribution in [0.25, 0.3) is 11.3 Å². The minimum atomic E-state index is -0.914. The first-order chi connectivity index (χ1) is 14.0. The van der Waals surface area contributed by atoms with E-state index < -0.39 is 17.3 Å². The van der Waals surface area contributed by atoms with Gasteiger partial charge in [-0.1, -0.05) is 6.07 Å². The predicted molar refractivity (Wildman–Crippen MR) is 107 cm³/mol. The number of rotatable bonds is 3. The van der Waals surface area contributed by atoms with Gasteiger partial charge in [0.25, 0.3) is 0 Å². The summed E-state index contributed by atoms with van der Waals surface area (Å²) in [7, 11) is 0. The summed E-state index contributed by atoms with van der Waals surface area (Å²) in [4.78, 5) is 36.2. The van der Waals surface area contributed by atoms with Crippen LogP contribution in [0.1, 0.15) is 43.0 Å². The molecule has 1 amide bonds. The predicted octanol–water partition coefficient (Wildman–Crippen LogP) is 2.53. The van der Waals surface area contributed by atoms with Crippen molar-refractivity contribution >= 4 is 23.5 Å². The lowest BCUT2D eigenvalue weighted by Gasteiger charge is -2.39. The Balaban J connectivity index is 1.48. The van der Waals surface area contributed by atoms with Gasteiger partial charge in [0.1, 0.15) is 0 Å². The average Bonchev–Trinajstić information content (AvgIpc) is 3.18. The van der Waals surface area contributed by atoms with Crippen molar-refractivity contribution < 1.29 is 14.7 Å². The summed E-state index contributed by atoms with van der Waals surface area (Å²) in [5, 5.41) is 12.4. The van der Waals surface area contributed by atoms with Gasteiger partial charge in [-0.3, -0.25) is 9.59 Å². The highest BCUT2D eigenvalue weighted by Crippen LogP contribution is 2.60. The molecule has 7 nitrogen and oxygen atoms in total. The second kappa shape index (κ2) is 5.55. The van der Waals surface area contributed by atoms with Crippen molar-refractivity contribution in [1.82, 2.24) is 9.97 Å². The number of amides is 1. The van der Waals surface area contributed by atoms with Crippen molar-refractivity contribution in [1.29, 1.82) is 0 Å². The first-order valence-corrected chi connectivity index (χ1v) is 10.3. The molecule has 6 rings (SSSR count). The van der Waals surface area contributed by atoms with Crippen LogP contribution in [0.3, 0.4) is 0 Å². The van der Waals surface area contributed by atoms with Gasteiger partial charge in [-0.05, 0) is 56.7 Å². The zero-order chi connectivity index (χ0) is 19.9. The smallest absolute Gasteiger partial charge is 0.307 e. The van der Waals surface area contributed by atoms with Gasteiger partial charge < -0.3 is 15.3 Å². The number of aryl methyl sites for hydroxylation is 1. The largest absolute Gasteiger partial charge is 0.481 e. The number of aliphatic carboxylic acids is 1. The van der Waals surface area contributed by atoms with Crippen LogP contribution in [-0.2, 0) is 27.8 Å². The Kier molecular flexibility index (Phi) is 3.25. The van der Waals surface area contributed by atoms with Crippen molar-refractivity contribution in [3.8, 4) is 11.3 Å². The Morgan fingerprint density at radius 3 is 2.86 bits per heavy atom. The summed E-state index contributed by atoms with van der Waals surface area (Å²) >= 11 is 0. The highest BCUT2D eigenvalue weighted by atomic mass is 16.4.